The van der Waals surface area contributed by atoms with Crippen molar-refractivity contribution in [1.82, 2.24) is 0 Å². The second-order valence-corrected chi connectivity index (χ2v) is 2.65. The molecule has 0 heterocycles. The van der Waals surface area contributed by atoms with Crippen LogP contribution >= 0.6 is 0 Å². The summed E-state index contributed by atoms with van der Waals surface area (Å²) in [7, 11) is 0. The smallest absolute Gasteiger partial charge is 0.118 e. The zero-order valence-electron chi connectivity index (χ0n) is 7.10. The molecule has 0 saturated carbocycles. The SMILES string of the molecule is Cc1ccc(O)c(C)c1C.[Zr]. The van der Waals surface area contributed by atoms with E-state index in [-0.39, 0.29) is 26.2 Å². The van der Waals surface area contributed by atoms with Crippen LogP contribution in [0.3, 0.4) is 0 Å². The van der Waals surface area contributed by atoms with Crippen LogP contribution in [0.2, 0.25) is 0 Å². The minimum absolute atomic E-state index is 0. The molecule has 0 saturated heterocycles. The molecule has 1 N–H and O–H groups in total. The molecule has 11 heavy (non-hydrogen) atoms. The van der Waals surface area contributed by atoms with E-state index in [2.05, 4.69) is 0 Å². The van der Waals surface area contributed by atoms with Crippen LogP contribution in [0.15, 0.2) is 12.1 Å². The molecule has 58 valence electrons. The van der Waals surface area contributed by atoms with Gasteiger partial charge in [0.05, 0.1) is 0 Å². The van der Waals surface area contributed by atoms with Gasteiger partial charge < -0.3 is 5.11 Å². The Labute approximate surface area is 86.6 Å². The average molecular weight is 227 g/mol. The molecule has 0 atom stereocenters. The monoisotopic (exact) mass is 226 g/mol. The van der Waals surface area contributed by atoms with Crippen molar-refractivity contribution in [2.45, 2.75) is 20.8 Å². The second-order valence-electron chi connectivity index (χ2n) is 2.65. The van der Waals surface area contributed by atoms with Gasteiger partial charge in [-0.15, -0.1) is 0 Å². The molecule has 1 rings (SSSR count). The normalized spacial score (nSPS) is 9.00. The summed E-state index contributed by atoms with van der Waals surface area (Å²) in [5, 5.41) is 9.22. The van der Waals surface area contributed by atoms with E-state index in [0.717, 1.165) is 5.56 Å². The number of hydrogen-bond donors (Lipinski definition) is 1. The van der Waals surface area contributed by atoms with Crippen molar-refractivity contribution >= 4 is 0 Å². The van der Waals surface area contributed by atoms with E-state index in [1.54, 1.807) is 6.07 Å². The van der Waals surface area contributed by atoms with E-state index in [9.17, 15) is 5.11 Å². The van der Waals surface area contributed by atoms with Gasteiger partial charge in [-0.25, -0.2) is 0 Å². The maximum absolute atomic E-state index is 9.22. The summed E-state index contributed by atoms with van der Waals surface area (Å²) in [5.74, 6) is 0.392. The molecule has 0 fully saturated rings. The van der Waals surface area contributed by atoms with Crippen LogP contribution in [0.25, 0.3) is 0 Å². The Hall–Kier alpha value is -0.0969. The van der Waals surface area contributed by atoms with Gasteiger partial charge in [0.25, 0.3) is 0 Å². The molecule has 0 aliphatic carbocycles. The van der Waals surface area contributed by atoms with E-state index in [1.807, 2.05) is 26.8 Å². The summed E-state index contributed by atoms with van der Waals surface area (Å²) >= 11 is 0. The fourth-order valence-electron chi connectivity index (χ4n) is 0.942. The number of aryl methyl sites for hydroxylation is 1. The molecule has 0 bridgehead atoms. The maximum Gasteiger partial charge on any atom is 0.118 e. The van der Waals surface area contributed by atoms with E-state index < -0.39 is 0 Å². The van der Waals surface area contributed by atoms with Crippen molar-refractivity contribution in [1.29, 1.82) is 0 Å². The van der Waals surface area contributed by atoms with Gasteiger partial charge in [0.15, 0.2) is 0 Å². The van der Waals surface area contributed by atoms with Gasteiger partial charge in [-0.1, -0.05) is 6.07 Å². The molecule has 0 amide bonds. The van der Waals surface area contributed by atoms with Crippen molar-refractivity contribution in [3.05, 3.63) is 28.8 Å². The molecule has 0 aliphatic heterocycles. The van der Waals surface area contributed by atoms with Gasteiger partial charge in [0.2, 0.25) is 0 Å². The molecule has 0 aromatic heterocycles. The number of rotatable bonds is 0. The zero-order chi connectivity index (χ0) is 7.72. The van der Waals surface area contributed by atoms with E-state index >= 15 is 0 Å². The van der Waals surface area contributed by atoms with Crippen LogP contribution in [0.5, 0.6) is 5.75 Å². The average Bonchev–Trinajstić information content (AvgIpc) is 1.93. The van der Waals surface area contributed by atoms with Crippen LogP contribution in [-0.4, -0.2) is 5.11 Å². The molecule has 0 radical (unpaired) electrons. The number of phenolic OH excluding ortho intramolecular Hbond substituents is 1. The molecule has 1 nitrogen and oxygen atoms in total. The standard InChI is InChI=1S/C9H12O.Zr/c1-6-4-5-9(10)8(3)7(6)2;/h4-5,10H,1-3H3;. The Morgan fingerprint density at radius 2 is 1.55 bits per heavy atom. The summed E-state index contributed by atoms with van der Waals surface area (Å²) in [6, 6.07) is 3.66. The summed E-state index contributed by atoms with van der Waals surface area (Å²) in [6.07, 6.45) is 0. The van der Waals surface area contributed by atoms with Crippen LogP contribution in [-0.2, 0) is 26.2 Å². The Bertz CT molecular complexity index is 229. The molecule has 1 aromatic carbocycles. The molecular weight excluding hydrogens is 215 g/mol. The van der Waals surface area contributed by atoms with Crippen LogP contribution < -0.4 is 0 Å². The fraction of sp³-hybridized carbons (Fsp3) is 0.333. The summed E-state index contributed by atoms with van der Waals surface area (Å²) in [5.41, 5.74) is 3.40. The summed E-state index contributed by atoms with van der Waals surface area (Å²) < 4.78 is 0. The quantitative estimate of drug-likeness (QED) is 0.721. The van der Waals surface area contributed by atoms with Gasteiger partial charge in [0.1, 0.15) is 5.75 Å². The van der Waals surface area contributed by atoms with E-state index in [4.69, 9.17) is 0 Å². The first-order valence-corrected chi connectivity index (χ1v) is 3.38. The minimum atomic E-state index is 0. The summed E-state index contributed by atoms with van der Waals surface area (Å²) in [6.45, 7) is 5.99. The predicted octanol–water partition coefficient (Wildman–Crippen LogP) is 2.31. The van der Waals surface area contributed by atoms with Crippen molar-refractivity contribution in [2.75, 3.05) is 0 Å². The number of aromatic hydroxyl groups is 1. The van der Waals surface area contributed by atoms with Crippen molar-refractivity contribution in [3.63, 3.8) is 0 Å². The van der Waals surface area contributed by atoms with Gasteiger partial charge in [0, 0.05) is 26.2 Å². The molecule has 0 spiro atoms. The third kappa shape index (κ3) is 2.16. The van der Waals surface area contributed by atoms with Crippen LogP contribution in [0.1, 0.15) is 16.7 Å². The van der Waals surface area contributed by atoms with E-state index in [0.29, 0.717) is 5.75 Å². The van der Waals surface area contributed by atoms with Crippen molar-refractivity contribution in [2.24, 2.45) is 0 Å². The first-order valence-electron chi connectivity index (χ1n) is 3.38. The first kappa shape index (κ1) is 10.9. The van der Waals surface area contributed by atoms with Gasteiger partial charge in [-0.05, 0) is 43.5 Å². The fourth-order valence-corrected chi connectivity index (χ4v) is 0.942. The minimum Gasteiger partial charge on any atom is -0.508 e. The molecule has 0 unspecified atom stereocenters. The Morgan fingerprint density at radius 3 is 2.00 bits per heavy atom. The van der Waals surface area contributed by atoms with Crippen LogP contribution in [0, 0.1) is 20.8 Å². The third-order valence-corrected chi connectivity index (χ3v) is 2.03. The first-order chi connectivity index (χ1) is 4.63. The third-order valence-electron chi connectivity index (χ3n) is 2.03. The molecule has 0 aliphatic rings. The van der Waals surface area contributed by atoms with E-state index in [1.165, 1.54) is 11.1 Å². The second kappa shape index (κ2) is 4.06. The van der Waals surface area contributed by atoms with Crippen molar-refractivity contribution in [3.8, 4) is 5.75 Å². The molecule has 2 heteroatoms. The largest absolute Gasteiger partial charge is 0.508 e. The zero-order valence-corrected chi connectivity index (χ0v) is 9.56. The van der Waals surface area contributed by atoms with Crippen LogP contribution in [0.4, 0.5) is 0 Å². The topological polar surface area (TPSA) is 20.2 Å². The Kier molecular flexibility index (Phi) is 4.03. The molecular formula is C9H12OZr. The number of benzene rings is 1. The maximum atomic E-state index is 9.22. The van der Waals surface area contributed by atoms with Gasteiger partial charge in [-0.3, -0.25) is 0 Å². The van der Waals surface area contributed by atoms with Gasteiger partial charge in [-0.2, -0.15) is 0 Å². The Balaban J connectivity index is 0.000001000. The Morgan fingerprint density at radius 1 is 1.00 bits per heavy atom. The van der Waals surface area contributed by atoms with Gasteiger partial charge >= 0.3 is 0 Å². The predicted molar refractivity (Wildman–Crippen MR) is 42.3 cm³/mol. The number of phenols is 1. The summed E-state index contributed by atoms with van der Waals surface area (Å²) in [4.78, 5) is 0. The van der Waals surface area contributed by atoms with Crippen molar-refractivity contribution < 1.29 is 31.3 Å². The molecule has 1 aromatic rings. The number of hydrogen-bond acceptors (Lipinski definition) is 1.